The van der Waals surface area contributed by atoms with Gasteiger partial charge in [0.15, 0.2) is 0 Å². The molecule has 0 saturated carbocycles. The van der Waals surface area contributed by atoms with E-state index in [-0.39, 0.29) is 0 Å². The van der Waals surface area contributed by atoms with Crippen molar-refractivity contribution in [1.29, 1.82) is 0 Å². The van der Waals surface area contributed by atoms with Crippen LogP contribution in [0, 0.1) is 0 Å². The lowest BCUT2D eigenvalue weighted by Crippen LogP contribution is -2.43. The first kappa shape index (κ1) is 10.5. The molecular formula is C13H17N3O. The maximum atomic E-state index is 5.37. The monoisotopic (exact) mass is 231 g/mol. The van der Waals surface area contributed by atoms with Crippen LogP contribution < -0.4 is 15.0 Å². The fourth-order valence-electron chi connectivity index (χ4n) is 2.47. The van der Waals surface area contributed by atoms with Gasteiger partial charge in [0.25, 0.3) is 0 Å². The summed E-state index contributed by atoms with van der Waals surface area (Å²) >= 11 is 0. The van der Waals surface area contributed by atoms with E-state index in [1.165, 1.54) is 11.1 Å². The van der Waals surface area contributed by atoms with Crippen molar-refractivity contribution in [1.82, 2.24) is 10.3 Å². The van der Waals surface area contributed by atoms with Crippen LogP contribution in [-0.2, 0) is 0 Å². The van der Waals surface area contributed by atoms with Crippen molar-refractivity contribution in [3.8, 4) is 5.75 Å². The van der Waals surface area contributed by atoms with Crippen LogP contribution in [-0.4, -0.2) is 38.3 Å². The predicted molar refractivity (Wildman–Crippen MR) is 69.9 cm³/mol. The van der Waals surface area contributed by atoms with Crippen molar-refractivity contribution < 1.29 is 4.74 Å². The average molecular weight is 231 g/mol. The van der Waals surface area contributed by atoms with E-state index in [0.29, 0.717) is 0 Å². The zero-order chi connectivity index (χ0) is 11.7. The smallest absolute Gasteiger partial charge is 0.143 e. The molecule has 0 bridgehead atoms. The number of aromatic amines is 1. The molecule has 0 aliphatic carbocycles. The largest absolute Gasteiger partial charge is 0.495 e. The summed E-state index contributed by atoms with van der Waals surface area (Å²) in [4.78, 5) is 5.67. The van der Waals surface area contributed by atoms with Gasteiger partial charge in [-0.1, -0.05) is 0 Å². The highest BCUT2D eigenvalue weighted by atomic mass is 16.5. The van der Waals surface area contributed by atoms with Crippen molar-refractivity contribution in [2.24, 2.45) is 0 Å². The Morgan fingerprint density at radius 2 is 2.00 bits per heavy atom. The normalized spacial score (nSPS) is 16.4. The van der Waals surface area contributed by atoms with Crippen LogP contribution in [0.25, 0.3) is 10.9 Å². The zero-order valence-corrected chi connectivity index (χ0v) is 9.99. The molecule has 2 N–H and O–H groups in total. The molecule has 90 valence electrons. The van der Waals surface area contributed by atoms with E-state index in [2.05, 4.69) is 27.3 Å². The van der Waals surface area contributed by atoms with Crippen LogP contribution >= 0.6 is 0 Å². The highest BCUT2D eigenvalue weighted by molar-refractivity contribution is 5.96. The molecule has 2 heterocycles. The molecule has 3 rings (SSSR count). The minimum absolute atomic E-state index is 0.906. The number of rotatable bonds is 2. The molecule has 1 saturated heterocycles. The number of anilines is 1. The molecule has 0 radical (unpaired) electrons. The van der Waals surface area contributed by atoms with Crippen molar-refractivity contribution >= 4 is 16.6 Å². The van der Waals surface area contributed by atoms with E-state index in [1.807, 2.05) is 12.3 Å². The standard InChI is InChI=1S/C13H17N3O/c1-17-12-3-2-11(10-4-5-15-13(10)12)16-8-6-14-7-9-16/h2-5,14-15H,6-9H2,1H3. The second-order valence-electron chi connectivity index (χ2n) is 4.29. The molecule has 1 aromatic heterocycles. The lowest BCUT2D eigenvalue weighted by Gasteiger charge is -2.30. The number of hydrogen-bond donors (Lipinski definition) is 2. The number of H-pyrrole nitrogens is 1. The molecule has 17 heavy (non-hydrogen) atoms. The van der Waals surface area contributed by atoms with Crippen LogP contribution in [0.3, 0.4) is 0 Å². The molecule has 1 aliphatic rings. The summed E-state index contributed by atoms with van der Waals surface area (Å²) in [5, 5.41) is 4.62. The van der Waals surface area contributed by atoms with E-state index in [4.69, 9.17) is 4.74 Å². The van der Waals surface area contributed by atoms with Gasteiger partial charge >= 0.3 is 0 Å². The molecule has 1 fully saturated rings. The Kier molecular flexibility index (Phi) is 2.65. The Hall–Kier alpha value is -1.68. The third-order valence-corrected chi connectivity index (χ3v) is 3.34. The van der Waals surface area contributed by atoms with Gasteiger partial charge in [-0.15, -0.1) is 0 Å². The fourth-order valence-corrected chi connectivity index (χ4v) is 2.47. The average Bonchev–Trinajstić information content (AvgIpc) is 2.88. The van der Waals surface area contributed by atoms with Gasteiger partial charge in [-0.2, -0.15) is 0 Å². The van der Waals surface area contributed by atoms with Crippen LogP contribution in [0.15, 0.2) is 24.4 Å². The predicted octanol–water partition coefficient (Wildman–Crippen LogP) is 1.59. The number of piperazine rings is 1. The summed E-state index contributed by atoms with van der Waals surface area (Å²) in [6, 6.07) is 6.31. The first-order valence-corrected chi connectivity index (χ1v) is 6.00. The van der Waals surface area contributed by atoms with Crippen LogP contribution in [0.4, 0.5) is 5.69 Å². The van der Waals surface area contributed by atoms with Gasteiger partial charge in [0.1, 0.15) is 5.75 Å². The van der Waals surface area contributed by atoms with E-state index in [9.17, 15) is 0 Å². The molecule has 0 spiro atoms. The van der Waals surface area contributed by atoms with Gasteiger partial charge in [-0.25, -0.2) is 0 Å². The SMILES string of the molecule is COc1ccc(N2CCNCC2)c2cc[nH]c12. The summed E-state index contributed by atoms with van der Waals surface area (Å²) in [5.41, 5.74) is 2.38. The topological polar surface area (TPSA) is 40.3 Å². The maximum absolute atomic E-state index is 5.37. The molecule has 0 atom stereocenters. The van der Waals surface area contributed by atoms with Crippen molar-refractivity contribution in [3.63, 3.8) is 0 Å². The summed E-state index contributed by atoms with van der Waals surface area (Å²) in [6.07, 6.45) is 1.97. The van der Waals surface area contributed by atoms with Crippen LogP contribution in [0.1, 0.15) is 0 Å². The molecule has 4 heteroatoms. The van der Waals surface area contributed by atoms with Gasteiger partial charge < -0.3 is 19.9 Å². The fraction of sp³-hybridized carbons (Fsp3) is 0.385. The number of ether oxygens (including phenoxy) is 1. The zero-order valence-electron chi connectivity index (χ0n) is 9.99. The molecule has 1 aliphatic heterocycles. The van der Waals surface area contributed by atoms with Gasteiger partial charge in [0, 0.05) is 43.4 Å². The Balaban J connectivity index is 2.07. The Labute approximate surface area is 101 Å². The number of fused-ring (bicyclic) bond motifs is 1. The number of benzene rings is 1. The summed E-state index contributed by atoms with van der Waals surface area (Å²) in [7, 11) is 1.71. The minimum Gasteiger partial charge on any atom is -0.495 e. The summed E-state index contributed by atoms with van der Waals surface area (Å²) in [5.74, 6) is 0.906. The molecule has 4 nitrogen and oxygen atoms in total. The van der Waals surface area contributed by atoms with Gasteiger partial charge in [-0.05, 0) is 18.2 Å². The van der Waals surface area contributed by atoms with Crippen molar-refractivity contribution in [3.05, 3.63) is 24.4 Å². The number of nitrogens with one attached hydrogen (secondary N) is 2. The number of hydrogen-bond acceptors (Lipinski definition) is 3. The number of methoxy groups -OCH3 is 1. The van der Waals surface area contributed by atoms with E-state index in [1.54, 1.807) is 7.11 Å². The number of aromatic nitrogens is 1. The first-order valence-electron chi connectivity index (χ1n) is 6.00. The maximum Gasteiger partial charge on any atom is 0.143 e. The minimum atomic E-state index is 0.906. The van der Waals surface area contributed by atoms with Crippen LogP contribution in [0.2, 0.25) is 0 Å². The first-order chi connectivity index (χ1) is 8.40. The molecule has 2 aromatic rings. The van der Waals surface area contributed by atoms with Crippen molar-refractivity contribution in [2.75, 3.05) is 38.2 Å². The van der Waals surface area contributed by atoms with E-state index >= 15 is 0 Å². The summed E-state index contributed by atoms with van der Waals surface area (Å²) < 4.78 is 5.37. The van der Waals surface area contributed by atoms with Crippen molar-refractivity contribution in [2.45, 2.75) is 0 Å². The molecular weight excluding hydrogens is 214 g/mol. The quantitative estimate of drug-likeness (QED) is 0.824. The van der Waals surface area contributed by atoms with Crippen LogP contribution in [0.5, 0.6) is 5.75 Å². The van der Waals surface area contributed by atoms with Gasteiger partial charge in [0.05, 0.1) is 12.6 Å². The number of nitrogens with zero attached hydrogens (tertiary/aromatic N) is 1. The second kappa shape index (κ2) is 4.30. The highest BCUT2D eigenvalue weighted by Crippen LogP contribution is 2.32. The highest BCUT2D eigenvalue weighted by Gasteiger charge is 2.15. The molecule has 1 aromatic carbocycles. The van der Waals surface area contributed by atoms with Gasteiger partial charge in [0.2, 0.25) is 0 Å². The Morgan fingerprint density at radius 1 is 1.18 bits per heavy atom. The molecule has 0 unspecified atom stereocenters. The second-order valence-corrected chi connectivity index (χ2v) is 4.29. The lowest BCUT2D eigenvalue weighted by atomic mass is 10.1. The lowest BCUT2D eigenvalue weighted by molar-refractivity contribution is 0.419. The van der Waals surface area contributed by atoms with E-state index < -0.39 is 0 Å². The summed E-state index contributed by atoms with van der Waals surface area (Å²) in [6.45, 7) is 4.23. The van der Waals surface area contributed by atoms with Gasteiger partial charge in [-0.3, -0.25) is 0 Å². The van der Waals surface area contributed by atoms with E-state index in [0.717, 1.165) is 37.4 Å². The molecule has 0 amide bonds. The Bertz CT molecular complexity index is 514. The Morgan fingerprint density at radius 3 is 2.76 bits per heavy atom. The third-order valence-electron chi connectivity index (χ3n) is 3.34. The third kappa shape index (κ3) is 1.74.